The summed E-state index contributed by atoms with van der Waals surface area (Å²) in [5.41, 5.74) is 1.27. The SMILES string of the molecule is C[C@H](O)CNC1CCSc2ccc(Cl)cc21. The fraction of sp³-hybridized carbons (Fsp3) is 0.500. The Balaban J connectivity index is 2.15. The number of benzene rings is 1. The van der Waals surface area contributed by atoms with E-state index in [4.69, 9.17) is 11.6 Å². The summed E-state index contributed by atoms with van der Waals surface area (Å²) in [4.78, 5) is 1.30. The van der Waals surface area contributed by atoms with E-state index in [-0.39, 0.29) is 6.10 Å². The molecule has 0 saturated heterocycles. The number of halogens is 1. The molecule has 1 aliphatic heterocycles. The van der Waals surface area contributed by atoms with Gasteiger partial charge in [0.2, 0.25) is 0 Å². The molecule has 2 nitrogen and oxygen atoms in total. The zero-order valence-electron chi connectivity index (χ0n) is 9.24. The summed E-state index contributed by atoms with van der Waals surface area (Å²) in [5, 5.41) is 13.5. The Morgan fingerprint density at radius 2 is 2.44 bits per heavy atom. The third kappa shape index (κ3) is 2.92. The van der Waals surface area contributed by atoms with Crippen molar-refractivity contribution in [1.82, 2.24) is 5.32 Å². The lowest BCUT2D eigenvalue weighted by molar-refractivity contribution is 0.185. The van der Waals surface area contributed by atoms with Crippen LogP contribution < -0.4 is 5.32 Å². The maximum atomic E-state index is 9.29. The van der Waals surface area contributed by atoms with Crippen molar-refractivity contribution in [2.45, 2.75) is 30.4 Å². The van der Waals surface area contributed by atoms with Crippen LogP contribution in [0.3, 0.4) is 0 Å². The molecule has 0 bridgehead atoms. The van der Waals surface area contributed by atoms with Gasteiger partial charge in [0.05, 0.1) is 6.10 Å². The van der Waals surface area contributed by atoms with E-state index in [2.05, 4.69) is 11.4 Å². The van der Waals surface area contributed by atoms with Crippen molar-refractivity contribution in [2.24, 2.45) is 0 Å². The molecule has 1 unspecified atom stereocenters. The van der Waals surface area contributed by atoms with E-state index < -0.39 is 0 Å². The second kappa shape index (κ2) is 5.41. The predicted octanol–water partition coefficient (Wildman–Crippen LogP) is 2.85. The van der Waals surface area contributed by atoms with Crippen molar-refractivity contribution in [1.29, 1.82) is 0 Å². The van der Waals surface area contributed by atoms with Gasteiger partial charge in [0.15, 0.2) is 0 Å². The number of rotatable bonds is 3. The van der Waals surface area contributed by atoms with Crippen molar-refractivity contribution in [3.8, 4) is 0 Å². The quantitative estimate of drug-likeness (QED) is 0.874. The highest BCUT2D eigenvalue weighted by Crippen LogP contribution is 2.37. The second-order valence-electron chi connectivity index (χ2n) is 4.13. The third-order valence-corrected chi connectivity index (χ3v) is 4.03. The van der Waals surface area contributed by atoms with Crippen LogP contribution in [0.1, 0.15) is 24.9 Å². The van der Waals surface area contributed by atoms with Gasteiger partial charge in [-0.05, 0) is 42.9 Å². The fourth-order valence-electron chi connectivity index (χ4n) is 1.89. The highest BCUT2D eigenvalue weighted by molar-refractivity contribution is 7.99. The number of hydrogen-bond donors (Lipinski definition) is 2. The van der Waals surface area contributed by atoms with Crippen molar-refractivity contribution < 1.29 is 5.11 Å². The van der Waals surface area contributed by atoms with Gasteiger partial charge in [0, 0.05) is 22.5 Å². The fourth-order valence-corrected chi connectivity index (χ4v) is 3.18. The minimum atomic E-state index is -0.308. The summed E-state index contributed by atoms with van der Waals surface area (Å²) in [6, 6.07) is 6.37. The molecule has 1 heterocycles. The van der Waals surface area contributed by atoms with E-state index in [1.165, 1.54) is 10.5 Å². The Hall–Kier alpha value is -0.220. The van der Waals surface area contributed by atoms with Crippen LogP contribution in [0, 0.1) is 0 Å². The van der Waals surface area contributed by atoms with Gasteiger partial charge in [-0.3, -0.25) is 0 Å². The Morgan fingerprint density at radius 1 is 1.62 bits per heavy atom. The van der Waals surface area contributed by atoms with Gasteiger partial charge < -0.3 is 10.4 Å². The van der Waals surface area contributed by atoms with Gasteiger partial charge in [0.1, 0.15) is 0 Å². The average molecular weight is 258 g/mol. The molecule has 88 valence electrons. The smallest absolute Gasteiger partial charge is 0.0636 e. The minimum Gasteiger partial charge on any atom is -0.392 e. The molecule has 0 amide bonds. The molecule has 2 N–H and O–H groups in total. The van der Waals surface area contributed by atoms with Gasteiger partial charge >= 0.3 is 0 Å². The minimum absolute atomic E-state index is 0.308. The normalized spacial score (nSPS) is 21.6. The van der Waals surface area contributed by atoms with Crippen LogP contribution in [0.5, 0.6) is 0 Å². The number of fused-ring (bicyclic) bond motifs is 1. The predicted molar refractivity (Wildman–Crippen MR) is 69.2 cm³/mol. The summed E-state index contributed by atoms with van der Waals surface area (Å²) in [5.74, 6) is 1.12. The summed E-state index contributed by atoms with van der Waals surface area (Å²) in [6.07, 6.45) is 0.780. The van der Waals surface area contributed by atoms with E-state index in [0.29, 0.717) is 12.6 Å². The van der Waals surface area contributed by atoms with Crippen molar-refractivity contribution >= 4 is 23.4 Å². The van der Waals surface area contributed by atoms with Crippen LogP contribution in [-0.4, -0.2) is 23.5 Å². The summed E-state index contributed by atoms with van der Waals surface area (Å²) in [7, 11) is 0. The van der Waals surface area contributed by atoms with E-state index >= 15 is 0 Å². The molecule has 2 atom stereocenters. The molecule has 1 aromatic carbocycles. The van der Waals surface area contributed by atoms with Crippen LogP contribution >= 0.6 is 23.4 Å². The van der Waals surface area contributed by atoms with Gasteiger partial charge in [0.25, 0.3) is 0 Å². The zero-order chi connectivity index (χ0) is 11.5. The summed E-state index contributed by atoms with van der Waals surface area (Å²) in [6.45, 7) is 2.42. The largest absolute Gasteiger partial charge is 0.392 e. The first-order valence-corrected chi connectivity index (χ1v) is 6.87. The van der Waals surface area contributed by atoms with Crippen LogP contribution in [0.25, 0.3) is 0 Å². The molecule has 0 saturated carbocycles. The monoisotopic (exact) mass is 257 g/mol. The zero-order valence-corrected chi connectivity index (χ0v) is 10.8. The lowest BCUT2D eigenvalue weighted by atomic mass is 10.0. The first-order chi connectivity index (χ1) is 7.66. The molecule has 0 fully saturated rings. The molecule has 1 aliphatic rings. The Morgan fingerprint density at radius 3 is 3.19 bits per heavy atom. The highest BCUT2D eigenvalue weighted by atomic mass is 35.5. The first-order valence-electron chi connectivity index (χ1n) is 5.50. The van der Waals surface area contributed by atoms with Gasteiger partial charge in [-0.1, -0.05) is 11.6 Å². The van der Waals surface area contributed by atoms with Gasteiger partial charge in [-0.25, -0.2) is 0 Å². The lowest BCUT2D eigenvalue weighted by Gasteiger charge is -2.26. The topological polar surface area (TPSA) is 32.3 Å². The molecule has 4 heteroatoms. The van der Waals surface area contributed by atoms with E-state index in [1.54, 1.807) is 6.92 Å². The number of aliphatic hydroxyl groups excluding tert-OH is 1. The van der Waals surface area contributed by atoms with Gasteiger partial charge in [-0.15, -0.1) is 11.8 Å². The second-order valence-corrected chi connectivity index (χ2v) is 5.70. The van der Waals surface area contributed by atoms with Gasteiger partial charge in [-0.2, -0.15) is 0 Å². The first kappa shape index (κ1) is 12.2. The standard InChI is InChI=1S/C12H16ClNOS/c1-8(15)7-14-11-4-5-16-12-3-2-9(13)6-10(11)12/h2-3,6,8,11,14-15H,4-5,7H2,1H3/t8-,11?/m0/s1. The van der Waals surface area contributed by atoms with Crippen molar-refractivity contribution in [3.63, 3.8) is 0 Å². The molecule has 0 radical (unpaired) electrons. The van der Waals surface area contributed by atoms with Crippen LogP contribution in [0.15, 0.2) is 23.1 Å². The van der Waals surface area contributed by atoms with E-state index in [9.17, 15) is 5.11 Å². The van der Waals surface area contributed by atoms with Crippen molar-refractivity contribution in [3.05, 3.63) is 28.8 Å². The summed E-state index contributed by atoms with van der Waals surface area (Å²) < 4.78 is 0. The molecular formula is C12H16ClNOS. The number of hydrogen-bond acceptors (Lipinski definition) is 3. The van der Waals surface area contributed by atoms with Crippen molar-refractivity contribution in [2.75, 3.05) is 12.3 Å². The average Bonchev–Trinajstić information content (AvgIpc) is 2.26. The molecule has 2 rings (SSSR count). The van der Waals surface area contributed by atoms with Crippen LogP contribution in [0.2, 0.25) is 5.02 Å². The highest BCUT2D eigenvalue weighted by Gasteiger charge is 2.20. The molecule has 1 aromatic rings. The lowest BCUT2D eigenvalue weighted by Crippen LogP contribution is -2.30. The maximum Gasteiger partial charge on any atom is 0.0636 e. The third-order valence-electron chi connectivity index (χ3n) is 2.67. The molecule has 16 heavy (non-hydrogen) atoms. The van der Waals surface area contributed by atoms with Crippen LogP contribution in [-0.2, 0) is 0 Å². The number of aliphatic hydroxyl groups is 1. The summed E-state index contributed by atoms with van der Waals surface area (Å²) >= 11 is 7.89. The molecule has 0 aliphatic carbocycles. The number of nitrogens with one attached hydrogen (secondary N) is 1. The molecule has 0 aromatic heterocycles. The van der Waals surface area contributed by atoms with E-state index in [0.717, 1.165) is 17.2 Å². The Labute approximate surface area is 105 Å². The maximum absolute atomic E-state index is 9.29. The van der Waals surface area contributed by atoms with Crippen LogP contribution in [0.4, 0.5) is 0 Å². The number of thioether (sulfide) groups is 1. The Bertz CT molecular complexity index is 370. The molecular weight excluding hydrogens is 242 g/mol. The molecule has 0 spiro atoms. The van der Waals surface area contributed by atoms with E-state index in [1.807, 2.05) is 23.9 Å². The Kier molecular flexibility index (Phi) is 4.14.